The van der Waals surface area contributed by atoms with Crippen molar-refractivity contribution in [2.24, 2.45) is 0 Å². The molecule has 0 saturated carbocycles. The van der Waals surface area contributed by atoms with Gasteiger partial charge in [-0.2, -0.15) is 0 Å². The van der Waals surface area contributed by atoms with Gasteiger partial charge in [0.05, 0.1) is 0 Å². The van der Waals surface area contributed by atoms with E-state index in [-0.39, 0.29) is 18.6 Å². The van der Waals surface area contributed by atoms with Crippen LogP contribution in [-0.4, -0.2) is 17.0 Å². The molecule has 0 aliphatic heterocycles. The van der Waals surface area contributed by atoms with Gasteiger partial charge in [0, 0.05) is 11.7 Å². The van der Waals surface area contributed by atoms with E-state index in [0.717, 1.165) is 11.3 Å². The lowest BCUT2D eigenvalue weighted by Gasteiger charge is -2.14. The molecule has 21 heavy (non-hydrogen) atoms. The second-order valence-electron chi connectivity index (χ2n) is 5.21. The Morgan fingerprint density at radius 3 is 2.57 bits per heavy atom. The van der Waals surface area contributed by atoms with Gasteiger partial charge in [-0.25, -0.2) is 9.78 Å². The summed E-state index contributed by atoms with van der Waals surface area (Å²) in [6.07, 6.45) is 0. The number of aromatic nitrogens is 1. The third-order valence-electron chi connectivity index (χ3n) is 2.89. The number of rotatable bonds is 5. The number of carbonyl (C=O) groups is 1. The van der Waals surface area contributed by atoms with Gasteiger partial charge in [-0.3, -0.25) is 0 Å². The van der Waals surface area contributed by atoms with Crippen molar-refractivity contribution >= 4 is 11.8 Å². The monoisotopic (exact) mass is 284 g/mol. The number of anilines is 1. The third-order valence-corrected chi connectivity index (χ3v) is 2.89. The van der Waals surface area contributed by atoms with Crippen molar-refractivity contribution in [2.75, 3.05) is 5.32 Å². The first-order chi connectivity index (χ1) is 10.1. The average Bonchev–Trinajstić information content (AvgIpc) is 2.45. The van der Waals surface area contributed by atoms with Crippen LogP contribution < -0.4 is 5.32 Å². The highest BCUT2D eigenvalue weighted by atomic mass is 16.5. The van der Waals surface area contributed by atoms with Gasteiger partial charge in [0.1, 0.15) is 18.0 Å². The Morgan fingerprint density at radius 2 is 1.90 bits per heavy atom. The summed E-state index contributed by atoms with van der Waals surface area (Å²) in [4.78, 5) is 16.6. The summed E-state index contributed by atoms with van der Waals surface area (Å²) in [5.74, 6) is 0.206. The highest BCUT2D eigenvalue weighted by Crippen LogP contribution is 2.16. The lowest BCUT2D eigenvalue weighted by atomic mass is 10.2. The van der Waals surface area contributed by atoms with Crippen LogP contribution >= 0.6 is 0 Å². The second kappa shape index (κ2) is 6.88. The van der Waals surface area contributed by atoms with Gasteiger partial charge in [-0.15, -0.1) is 0 Å². The molecule has 1 heterocycles. The van der Waals surface area contributed by atoms with E-state index >= 15 is 0 Å². The molecule has 0 atom stereocenters. The quantitative estimate of drug-likeness (QED) is 0.853. The van der Waals surface area contributed by atoms with Gasteiger partial charge in [-0.1, -0.05) is 30.3 Å². The van der Waals surface area contributed by atoms with Crippen LogP contribution in [0, 0.1) is 6.92 Å². The van der Waals surface area contributed by atoms with Crippen molar-refractivity contribution < 1.29 is 9.53 Å². The van der Waals surface area contributed by atoms with Crippen LogP contribution in [0.5, 0.6) is 0 Å². The number of benzene rings is 1. The van der Waals surface area contributed by atoms with Crippen molar-refractivity contribution in [1.82, 2.24) is 4.98 Å². The molecule has 0 aliphatic rings. The topological polar surface area (TPSA) is 51.2 Å². The molecule has 1 aromatic heterocycles. The van der Waals surface area contributed by atoms with E-state index < -0.39 is 0 Å². The van der Waals surface area contributed by atoms with Gasteiger partial charge < -0.3 is 10.1 Å². The van der Waals surface area contributed by atoms with E-state index in [9.17, 15) is 4.79 Å². The molecular formula is C17H20N2O2. The lowest BCUT2D eigenvalue weighted by Crippen LogP contribution is -2.16. The van der Waals surface area contributed by atoms with Gasteiger partial charge >= 0.3 is 5.97 Å². The fourth-order valence-electron chi connectivity index (χ4n) is 1.91. The summed E-state index contributed by atoms with van der Waals surface area (Å²) in [7, 11) is 0. The summed E-state index contributed by atoms with van der Waals surface area (Å²) < 4.78 is 5.36. The van der Waals surface area contributed by atoms with E-state index in [4.69, 9.17) is 4.74 Å². The SMILES string of the molecule is Cc1ccc(C(=O)OCc2ccccc2)c(NC(C)C)n1. The Labute approximate surface area is 125 Å². The second-order valence-corrected chi connectivity index (χ2v) is 5.21. The number of nitrogens with one attached hydrogen (secondary N) is 1. The minimum atomic E-state index is -0.366. The van der Waals surface area contributed by atoms with E-state index in [0.29, 0.717) is 11.4 Å². The van der Waals surface area contributed by atoms with Gasteiger partial charge in [0.15, 0.2) is 0 Å². The number of nitrogens with zero attached hydrogens (tertiary/aromatic N) is 1. The molecular weight excluding hydrogens is 264 g/mol. The van der Waals surface area contributed by atoms with E-state index in [1.165, 1.54) is 0 Å². The fraction of sp³-hybridized carbons (Fsp3) is 0.294. The fourth-order valence-corrected chi connectivity index (χ4v) is 1.91. The van der Waals surface area contributed by atoms with Crippen LogP contribution in [0.2, 0.25) is 0 Å². The third kappa shape index (κ3) is 4.31. The van der Waals surface area contributed by atoms with Crippen molar-refractivity contribution in [2.45, 2.75) is 33.4 Å². The summed E-state index contributed by atoms with van der Waals surface area (Å²) >= 11 is 0. The molecule has 0 radical (unpaired) electrons. The summed E-state index contributed by atoms with van der Waals surface area (Å²) in [6, 6.07) is 13.4. The predicted molar refractivity (Wildman–Crippen MR) is 83.3 cm³/mol. The maximum atomic E-state index is 12.2. The summed E-state index contributed by atoms with van der Waals surface area (Å²) in [6.45, 7) is 6.16. The Morgan fingerprint density at radius 1 is 1.19 bits per heavy atom. The molecule has 4 heteroatoms. The first kappa shape index (κ1) is 15.0. The Hall–Kier alpha value is -2.36. The van der Waals surface area contributed by atoms with Gasteiger partial charge in [-0.05, 0) is 38.5 Å². The number of esters is 1. The Bertz CT molecular complexity index is 609. The van der Waals surface area contributed by atoms with Crippen molar-refractivity contribution in [3.63, 3.8) is 0 Å². The minimum absolute atomic E-state index is 0.194. The van der Waals surface area contributed by atoms with Crippen molar-refractivity contribution in [1.29, 1.82) is 0 Å². The number of hydrogen-bond acceptors (Lipinski definition) is 4. The van der Waals surface area contributed by atoms with Crippen LogP contribution in [0.3, 0.4) is 0 Å². The summed E-state index contributed by atoms with van der Waals surface area (Å²) in [5.41, 5.74) is 2.28. The van der Waals surface area contributed by atoms with E-state index in [2.05, 4.69) is 10.3 Å². The molecule has 0 aliphatic carbocycles. The van der Waals surface area contributed by atoms with Crippen LogP contribution in [0.25, 0.3) is 0 Å². The molecule has 0 saturated heterocycles. The first-order valence-corrected chi connectivity index (χ1v) is 7.01. The predicted octanol–water partition coefficient (Wildman–Crippen LogP) is 3.57. The van der Waals surface area contributed by atoms with Crippen LogP contribution in [0.1, 0.15) is 35.5 Å². The molecule has 0 bridgehead atoms. The lowest BCUT2D eigenvalue weighted by molar-refractivity contribution is 0.0473. The Balaban J connectivity index is 2.11. The Kier molecular flexibility index (Phi) is 4.93. The standard InChI is InChI=1S/C17H20N2O2/c1-12(2)18-16-15(10-9-13(3)19-16)17(20)21-11-14-7-5-4-6-8-14/h4-10,12H,11H2,1-3H3,(H,18,19). The molecule has 4 nitrogen and oxygen atoms in total. The number of aryl methyl sites for hydroxylation is 1. The van der Waals surface area contributed by atoms with Gasteiger partial charge in [0.2, 0.25) is 0 Å². The van der Waals surface area contributed by atoms with Gasteiger partial charge in [0.25, 0.3) is 0 Å². The molecule has 0 spiro atoms. The normalized spacial score (nSPS) is 10.5. The highest BCUT2D eigenvalue weighted by Gasteiger charge is 2.15. The molecule has 1 aromatic carbocycles. The van der Waals surface area contributed by atoms with E-state index in [1.54, 1.807) is 6.07 Å². The maximum absolute atomic E-state index is 12.2. The smallest absolute Gasteiger partial charge is 0.342 e. The zero-order valence-corrected chi connectivity index (χ0v) is 12.6. The zero-order chi connectivity index (χ0) is 15.2. The molecule has 0 amide bonds. The molecule has 0 unspecified atom stereocenters. The minimum Gasteiger partial charge on any atom is -0.457 e. The van der Waals surface area contributed by atoms with Crippen LogP contribution in [-0.2, 0) is 11.3 Å². The molecule has 0 fully saturated rings. The molecule has 2 aromatic rings. The number of hydrogen-bond donors (Lipinski definition) is 1. The first-order valence-electron chi connectivity index (χ1n) is 7.01. The van der Waals surface area contributed by atoms with E-state index in [1.807, 2.05) is 57.2 Å². The maximum Gasteiger partial charge on any atom is 0.342 e. The average molecular weight is 284 g/mol. The number of carbonyl (C=O) groups excluding carboxylic acids is 1. The zero-order valence-electron chi connectivity index (χ0n) is 12.6. The molecule has 1 N–H and O–H groups in total. The van der Waals surface area contributed by atoms with Crippen molar-refractivity contribution in [3.8, 4) is 0 Å². The molecule has 110 valence electrons. The number of ether oxygens (including phenoxy) is 1. The largest absolute Gasteiger partial charge is 0.457 e. The van der Waals surface area contributed by atoms with Crippen LogP contribution in [0.15, 0.2) is 42.5 Å². The van der Waals surface area contributed by atoms with Crippen molar-refractivity contribution in [3.05, 3.63) is 59.3 Å². The molecule has 2 rings (SSSR count). The highest BCUT2D eigenvalue weighted by molar-refractivity contribution is 5.94. The van der Waals surface area contributed by atoms with Crippen LogP contribution in [0.4, 0.5) is 5.82 Å². The number of pyridine rings is 1. The summed E-state index contributed by atoms with van der Waals surface area (Å²) in [5, 5.41) is 3.18.